The predicted molar refractivity (Wildman–Crippen MR) is 126 cm³/mol. The summed E-state index contributed by atoms with van der Waals surface area (Å²) in [6.07, 6.45) is 5.91. The van der Waals surface area contributed by atoms with E-state index in [2.05, 4.69) is 21.9 Å². The first-order chi connectivity index (χ1) is 15.6. The molecule has 1 N–H and O–H groups in total. The van der Waals surface area contributed by atoms with Crippen LogP contribution in [0, 0.1) is 0 Å². The van der Waals surface area contributed by atoms with Crippen LogP contribution in [-0.2, 0) is 16.0 Å². The van der Waals surface area contributed by atoms with E-state index >= 15 is 0 Å². The fourth-order valence-electron chi connectivity index (χ4n) is 4.42. The summed E-state index contributed by atoms with van der Waals surface area (Å²) in [5.41, 5.74) is 1.14. The molecule has 0 spiro atoms. The first-order valence-corrected chi connectivity index (χ1v) is 12.3. The highest BCUT2D eigenvalue weighted by molar-refractivity contribution is 5.43. The molecule has 1 aliphatic carbocycles. The lowest BCUT2D eigenvalue weighted by molar-refractivity contribution is -0.0319. The quantitative estimate of drug-likeness (QED) is 0.496. The van der Waals surface area contributed by atoms with E-state index in [1.807, 2.05) is 20.0 Å². The summed E-state index contributed by atoms with van der Waals surface area (Å²) in [4.78, 5) is 4.48. The van der Waals surface area contributed by atoms with Crippen LogP contribution in [0.4, 0.5) is 0 Å². The number of hydrogen-bond donors (Lipinski definition) is 1. The van der Waals surface area contributed by atoms with Crippen molar-refractivity contribution in [2.45, 2.75) is 57.8 Å². The van der Waals surface area contributed by atoms with Gasteiger partial charge >= 0.3 is 0 Å². The van der Waals surface area contributed by atoms with Crippen LogP contribution in [-0.4, -0.2) is 93.4 Å². The standard InChI is InChI=1S/C25H42N2O5/c1-3-30-25-17-21(9-10-24(25)31-16-13-27-11-14-29-15-12-27)18-26(2)19-22(28)20-32-23-7-5-4-6-8-23/h9-10,17,22-23,28H,3-8,11-16,18-20H2,1-2H3/t22-/m0/s1. The van der Waals surface area contributed by atoms with Crippen molar-refractivity contribution < 1.29 is 24.1 Å². The van der Waals surface area contributed by atoms with Crippen molar-refractivity contribution >= 4 is 0 Å². The Kier molecular flexibility index (Phi) is 11.1. The lowest BCUT2D eigenvalue weighted by Crippen LogP contribution is -2.38. The van der Waals surface area contributed by atoms with Crippen molar-refractivity contribution in [3.63, 3.8) is 0 Å². The Labute approximate surface area is 193 Å². The van der Waals surface area contributed by atoms with Crippen molar-refractivity contribution in [3.8, 4) is 11.5 Å². The smallest absolute Gasteiger partial charge is 0.161 e. The first kappa shape index (κ1) is 25.2. The van der Waals surface area contributed by atoms with Crippen LogP contribution in [0.1, 0.15) is 44.6 Å². The predicted octanol–water partition coefficient (Wildman–Crippen LogP) is 2.94. The molecular formula is C25H42N2O5. The minimum absolute atomic E-state index is 0.327. The third-order valence-electron chi connectivity index (χ3n) is 6.13. The van der Waals surface area contributed by atoms with Crippen LogP contribution in [0.2, 0.25) is 0 Å². The minimum Gasteiger partial charge on any atom is -0.490 e. The Balaban J connectivity index is 1.43. The van der Waals surface area contributed by atoms with Crippen LogP contribution in [0.5, 0.6) is 11.5 Å². The minimum atomic E-state index is -0.476. The van der Waals surface area contributed by atoms with Gasteiger partial charge in [0.05, 0.1) is 38.6 Å². The molecule has 0 aromatic heterocycles. The molecule has 1 heterocycles. The molecule has 1 aromatic carbocycles. The number of ether oxygens (including phenoxy) is 4. The van der Waals surface area contributed by atoms with E-state index in [1.54, 1.807) is 0 Å². The topological polar surface area (TPSA) is 63.6 Å². The molecular weight excluding hydrogens is 408 g/mol. The molecule has 0 unspecified atom stereocenters. The second-order valence-electron chi connectivity index (χ2n) is 8.96. The van der Waals surface area contributed by atoms with Crippen LogP contribution in [0.15, 0.2) is 18.2 Å². The summed E-state index contributed by atoms with van der Waals surface area (Å²) in [5.74, 6) is 1.56. The monoisotopic (exact) mass is 450 g/mol. The average Bonchev–Trinajstić information content (AvgIpc) is 2.80. The molecule has 1 saturated heterocycles. The van der Waals surface area contributed by atoms with Gasteiger partial charge in [0, 0.05) is 32.7 Å². The zero-order chi connectivity index (χ0) is 22.6. The molecule has 32 heavy (non-hydrogen) atoms. The van der Waals surface area contributed by atoms with Gasteiger partial charge in [-0.3, -0.25) is 9.80 Å². The fraction of sp³-hybridized carbons (Fsp3) is 0.760. The van der Waals surface area contributed by atoms with Crippen molar-refractivity contribution in [3.05, 3.63) is 23.8 Å². The van der Waals surface area contributed by atoms with E-state index in [1.165, 1.54) is 19.3 Å². The van der Waals surface area contributed by atoms with Crippen molar-refractivity contribution in [1.82, 2.24) is 9.80 Å². The number of aliphatic hydroxyl groups is 1. The van der Waals surface area contributed by atoms with Crippen molar-refractivity contribution in [2.75, 3.05) is 66.3 Å². The van der Waals surface area contributed by atoms with E-state index in [4.69, 9.17) is 18.9 Å². The number of nitrogens with zero attached hydrogens (tertiary/aromatic N) is 2. The number of morpholine rings is 1. The second-order valence-corrected chi connectivity index (χ2v) is 8.96. The number of hydrogen-bond acceptors (Lipinski definition) is 7. The van der Waals surface area contributed by atoms with Gasteiger partial charge in [-0.15, -0.1) is 0 Å². The Hall–Kier alpha value is -1.38. The lowest BCUT2D eigenvalue weighted by Gasteiger charge is -2.26. The maximum atomic E-state index is 10.4. The van der Waals surface area contributed by atoms with Gasteiger partial charge in [-0.25, -0.2) is 0 Å². The maximum Gasteiger partial charge on any atom is 0.161 e. The highest BCUT2D eigenvalue weighted by Gasteiger charge is 2.17. The molecule has 3 rings (SSSR count). The summed E-state index contributed by atoms with van der Waals surface area (Å²) in [6.45, 7) is 9.34. The number of likely N-dealkylation sites (N-methyl/N-ethyl adjacent to an activating group) is 1. The molecule has 0 bridgehead atoms. The summed E-state index contributed by atoms with van der Waals surface area (Å²) in [6, 6.07) is 6.12. The largest absolute Gasteiger partial charge is 0.490 e. The fourth-order valence-corrected chi connectivity index (χ4v) is 4.42. The summed E-state index contributed by atoms with van der Waals surface area (Å²) < 4.78 is 23.2. The van der Waals surface area contributed by atoms with E-state index in [-0.39, 0.29) is 0 Å². The molecule has 0 amide bonds. The zero-order valence-electron chi connectivity index (χ0n) is 20.0. The maximum absolute atomic E-state index is 10.4. The van der Waals surface area contributed by atoms with Gasteiger partial charge in [-0.05, 0) is 44.5 Å². The molecule has 2 aliphatic rings. The van der Waals surface area contributed by atoms with E-state index in [0.717, 1.165) is 69.3 Å². The highest BCUT2D eigenvalue weighted by Crippen LogP contribution is 2.29. The van der Waals surface area contributed by atoms with Crippen molar-refractivity contribution in [2.24, 2.45) is 0 Å². The Morgan fingerprint density at radius 2 is 1.91 bits per heavy atom. The Bertz CT molecular complexity index is 647. The Morgan fingerprint density at radius 1 is 1.12 bits per heavy atom. The molecule has 182 valence electrons. The van der Waals surface area contributed by atoms with E-state index in [9.17, 15) is 5.11 Å². The van der Waals surface area contributed by atoms with Gasteiger partial charge in [-0.2, -0.15) is 0 Å². The van der Waals surface area contributed by atoms with E-state index < -0.39 is 6.10 Å². The number of benzene rings is 1. The zero-order valence-corrected chi connectivity index (χ0v) is 20.0. The average molecular weight is 451 g/mol. The SMILES string of the molecule is CCOc1cc(CN(C)C[C@H](O)COC2CCCCC2)ccc1OCCN1CCOCC1. The van der Waals surface area contributed by atoms with Gasteiger partial charge in [0.25, 0.3) is 0 Å². The molecule has 7 heteroatoms. The molecule has 1 saturated carbocycles. The van der Waals surface area contributed by atoms with Crippen LogP contribution >= 0.6 is 0 Å². The Morgan fingerprint density at radius 3 is 2.66 bits per heavy atom. The summed E-state index contributed by atoms with van der Waals surface area (Å²) >= 11 is 0. The van der Waals surface area contributed by atoms with Crippen LogP contribution < -0.4 is 9.47 Å². The lowest BCUT2D eigenvalue weighted by atomic mass is 9.98. The molecule has 1 aromatic rings. The van der Waals surface area contributed by atoms with Gasteiger partial charge < -0.3 is 24.1 Å². The van der Waals surface area contributed by atoms with Gasteiger partial charge in [0.1, 0.15) is 6.61 Å². The number of rotatable bonds is 13. The summed E-state index contributed by atoms with van der Waals surface area (Å²) in [7, 11) is 2.02. The van der Waals surface area contributed by atoms with Crippen LogP contribution in [0.3, 0.4) is 0 Å². The third kappa shape index (κ3) is 8.87. The molecule has 7 nitrogen and oxygen atoms in total. The van der Waals surface area contributed by atoms with Crippen LogP contribution in [0.25, 0.3) is 0 Å². The van der Waals surface area contributed by atoms with Gasteiger partial charge in [0.2, 0.25) is 0 Å². The van der Waals surface area contributed by atoms with E-state index in [0.29, 0.717) is 32.5 Å². The summed E-state index contributed by atoms with van der Waals surface area (Å²) in [5, 5.41) is 10.4. The highest BCUT2D eigenvalue weighted by atomic mass is 16.5. The first-order valence-electron chi connectivity index (χ1n) is 12.3. The third-order valence-corrected chi connectivity index (χ3v) is 6.13. The van der Waals surface area contributed by atoms with Gasteiger partial charge in [0.15, 0.2) is 11.5 Å². The molecule has 1 atom stereocenters. The normalized spacial score (nSPS) is 19.2. The second kappa shape index (κ2) is 14.0. The van der Waals surface area contributed by atoms with Crippen molar-refractivity contribution in [1.29, 1.82) is 0 Å². The van der Waals surface area contributed by atoms with Gasteiger partial charge in [-0.1, -0.05) is 25.3 Å². The molecule has 1 aliphatic heterocycles. The number of aliphatic hydroxyl groups excluding tert-OH is 1. The molecule has 0 radical (unpaired) electrons. The molecule has 2 fully saturated rings.